The average molecular weight is 421 g/mol. The number of carbonyl (C=O) groups excluding carboxylic acids is 3. The van der Waals surface area contributed by atoms with Crippen LogP contribution >= 0.6 is 12.2 Å². The minimum Gasteiger partial charge on any atom is -0.483 e. The lowest BCUT2D eigenvalue weighted by molar-refractivity contribution is -0.128. The Bertz CT molecular complexity index is 1030. The van der Waals surface area contributed by atoms with E-state index in [2.05, 4.69) is 17.2 Å². The van der Waals surface area contributed by atoms with Crippen molar-refractivity contribution in [2.24, 2.45) is 0 Å². The fourth-order valence-electron chi connectivity index (χ4n) is 2.74. The maximum atomic E-state index is 12.7. The zero-order valence-corrected chi connectivity index (χ0v) is 16.8. The second-order valence-electron chi connectivity index (χ2n) is 6.26. The minimum absolute atomic E-state index is 0.0316. The summed E-state index contributed by atoms with van der Waals surface area (Å²) in [5.74, 6) is -1.10. The Balaban J connectivity index is 1.76. The second-order valence-corrected chi connectivity index (χ2v) is 6.65. The van der Waals surface area contributed by atoms with Gasteiger partial charge in [0.15, 0.2) is 11.7 Å². The van der Waals surface area contributed by atoms with Crippen LogP contribution in [0.25, 0.3) is 6.08 Å². The average Bonchev–Trinajstić information content (AvgIpc) is 2.74. The fraction of sp³-hybridized carbons (Fsp3) is 0.0909. The molecule has 2 aromatic rings. The Morgan fingerprint density at radius 2 is 1.83 bits per heavy atom. The lowest BCUT2D eigenvalue weighted by atomic mass is 10.1. The largest absolute Gasteiger partial charge is 0.483 e. The molecule has 0 unspecified atom stereocenters. The van der Waals surface area contributed by atoms with Crippen LogP contribution in [-0.2, 0) is 14.4 Å². The number of amides is 3. The van der Waals surface area contributed by atoms with Crippen molar-refractivity contribution < 1.29 is 19.1 Å². The molecule has 0 radical (unpaired) electrons. The highest BCUT2D eigenvalue weighted by molar-refractivity contribution is 7.80. The number of rotatable bonds is 7. The van der Waals surface area contributed by atoms with Crippen molar-refractivity contribution in [3.05, 3.63) is 78.4 Å². The van der Waals surface area contributed by atoms with E-state index in [1.54, 1.807) is 36.4 Å². The van der Waals surface area contributed by atoms with Gasteiger partial charge in [-0.25, -0.2) is 0 Å². The van der Waals surface area contributed by atoms with E-state index in [1.165, 1.54) is 17.1 Å². The van der Waals surface area contributed by atoms with Gasteiger partial charge in [-0.3, -0.25) is 24.6 Å². The highest BCUT2D eigenvalue weighted by Gasteiger charge is 2.32. The Hall–Kier alpha value is -3.78. The number of hydrogen-bond donors (Lipinski definition) is 2. The van der Waals surface area contributed by atoms with Gasteiger partial charge in [-0.05, 0) is 36.5 Å². The van der Waals surface area contributed by atoms with Crippen LogP contribution < -0.4 is 15.4 Å². The normalized spacial score (nSPS) is 15.0. The highest BCUT2D eigenvalue weighted by Crippen LogP contribution is 2.23. The maximum Gasteiger partial charge on any atom is 0.265 e. The summed E-state index contributed by atoms with van der Waals surface area (Å²) in [4.78, 5) is 38.4. The molecular weight excluding hydrogens is 402 g/mol. The fourth-order valence-corrected chi connectivity index (χ4v) is 2.99. The van der Waals surface area contributed by atoms with E-state index in [4.69, 9.17) is 17.0 Å². The number of nitrogens with one attached hydrogen (secondary N) is 2. The Morgan fingerprint density at radius 3 is 2.57 bits per heavy atom. The lowest BCUT2D eigenvalue weighted by Gasteiger charge is -2.27. The van der Waals surface area contributed by atoms with Crippen LogP contribution in [0.5, 0.6) is 5.75 Å². The number of thiocarbonyl (C=S) groups is 1. The van der Waals surface area contributed by atoms with Gasteiger partial charge in [-0.1, -0.05) is 42.5 Å². The molecule has 8 heteroatoms. The molecule has 30 heavy (non-hydrogen) atoms. The molecule has 0 aromatic heterocycles. The first-order chi connectivity index (χ1) is 14.5. The van der Waals surface area contributed by atoms with E-state index in [9.17, 15) is 14.4 Å². The Kier molecular flexibility index (Phi) is 6.71. The van der Waals surface area contributed by atoms with Gasteiger partial charge >= 0.3 is 0 Å². The van der Waals surface area contributed by atoms with Gasteiger partial charge in [0.05, 0.1) is 0 Å². The van der Waals surface area contributed by atoms with Crippen molar-refractivity contribution in [2.75, 3.05) is 18.5 Å². The summed E-state index contributed by atoms with van der Waals surface area (Å²) in [7, 11) is 0. The lowest BCUT2D eigenvalue weighted by Crippen LogP contribution is -2.53. The van der Waals surface area contributed by atoms with Gasteiger partial charge < -0.3 is 10.1 Å². The molecule has 1 saturated heterocycles. The molecule has 152 valence electrons. The zero-order valence-electron chi connectivity index (χ0n) is 16.0. The molecule has 3 amide bonds. The van der Waals surface area contributed by atoms with Gasteiger partial charge in [-0.2, -0.15) is 0 Å². The molecule has 1 aliphatic heterocycles. The summed E-state index contributed by atoms with van der Waals surface area (Å²) >= 11 is 5.04. The van der Waals surface area contributed by atoms with Crippen molar-refractivity contribution in [1.29, 1.82) is 0 Å². The van der Waals surface area contributed by atoms with Gasteiger partial charge in [0, 0.05) is 17.8 Å². The highest BCUT2D eigenvalue weighted by atomic mass is 32.1. The van der Waals surface area contributed by atoms with Gasteiger partial charge in [0.25, 0.3) is 17.7 Å². The monoisotopic (exact) mass is 421 g/mol. The number of benzene rings is 2. The van der Waals surface area contributed by atoms with Gasteiger partial charge in [0.1, 0.15) is 11.3 Å². The van der Waals surface area contributed by atoms with E-state index in [0.717, 1.165) is 0 Å². The number of para-hydroxylation sites is 2. The zero-order chi connectivity index (χ0) is 21.5. The molecule has 1 fully saturated rings. The smallest absolute Gasteiger partial charge is 0.265 e. The molecule has 2 N–H and O–H groups in total. The summed E-state index contributed by atoms with van der Waals surface area (Å²) in [5.41, 5.74) is 1.05. The quantitative estimate of drug-likeness (QED) is 0.310. The summed E-state index contributed by atoms with van der Waals surface area (Å²) < 4.78 is 5.62. The molecule has 0 bridgehead atoms. The summed E-state index contributed by atoms with van der Waals surface area (Å²) in [6.45, 7) is 3.53. The number of carbonyl (C=O) groups is 3. The van der Waals surface area contributed by atoms with Gasteiger partial charge in [-0.15, -0.1) is 6.58 Å². The third kappa shape index (κ3) is 4.98. The standard InChI is InChI=1S/C22H19N3O4S/c1-2-12-25-21(28)17(20(27)24-22(25)30)13-15-8-6-7-11-18(15)29-14-19(26)23-16-9-4-3-5-10-16/h2-11,13H,1,12,14H2,(H,23,26)(H,24,27,30)/b17-13-. The molecular formula is C22H19N3O4S. The van der Waals surface area contributed by atoms with E-state index in [0.29, 0.717) is 17.0 Å². The molecule has 0 spiro atoms. The van der Waals surface area contributed by atoms with E-state index < -0.39 is 11.8 Å². The van der Waals surface area contributed by atoms with Crippen LogP contribution in [0.1, 0.15) is 5.56 Å². The Morgan fingerprint density at radius 1 is 1.13 bits per heavy atom. The summed E-state index contributed by atoms with van der Waals surface area (Å²) in [5, 5.41) is 5.24. The first-order valence-electron chi connectivity index (χ1n) is 9.06. The SMILES string of the molecule is C=CCN1C(=O)/C(=C\c2ccccc2OCC(=O)Nc2ccccc2)C(=O)NC1=S. The van der Waals surface area contributed by atoms with Crippen molar-refractivity contribution >= 4 is 46.8 Å². The maximum absolute atomic E-state index is 12.7. The Labute approximate surface area is 179 Å². The van der Waals surface area contributed by atoms with Crippen LogP contribution in [0.2, 0.25) is 0 Å². The molecule has 2 aromatic carbocycles. The topological polar surface area (TPSA) is 87.7 Å². The van der Waals surface area contributed by atoms with Crippen molar-refractivity contribution in [3.8, 4) is 5.75 Å². The third-order valence-corrected chi connectivity index (χ3v) is 4.46. The first-order valence-corrected chi connectivity index (χ1v) is 9.47. The van der Waals surface area contributed by atoms with Crippen LogP contribution in [0, 0.1) is 0 Å². The van der Waals surface area contributed by atoms with Crippen LogP contribution in [0.4, 0.5) is 5.69 Å². The van der Waals surface area contributed by atoms with Crippen molar-refractivity contribution in [3.63, 3.8) is 0 Å². The third-order valence-electron chi connectivity index (χ3n) is 4.13. The van der Waals surface area contributed by atoms with E-state index in [-0.39, 0.29) is 29.7 Å². The molecule has 1 heterocycles. The first kappa shape index (κ1) is 20.9. The molecule has 0 saturated carbocycles. The molecule has 3 rings (SSSR count). The van der Waals surface area contributed by atoms with Crippen molar-refractivity contribution in [1.82, 2.24) is 10.2 Å². The van der Waals surface area contributed by atoms with Crippen molar-refractivity contribution in [2.45, 2.75) is 0 Å². The van der Waals surface area contributed by atoms with E-state index in [1.807, 2.05) is 18.2 Å². The predicted octanol–water partition coefficient (Wildman–Crippen LogP) is 2.52. The predicted molar refractivity (Wildman–Crippen MR) is 118 cm³/mol. The molecule has 7 nitrogen and oxygen atoms in total. The summed E-state index contributed by atoms with van der Waals surface area (Å²) in [6, 6.07) is 15.8. The molecule has 0 aliphatic carbocycles. The molecule has 0 atom stereocenters. The second kappa shape index (κ2) is 9.62. The summed E-state index contributed by atoms with van der Waals surface area (Å²) in [6.07, 6.45) is 2.93. The van der Waals surface area contributed by atoms with Crippen LogP contribution in [-0.4, -0.2) is 40.9 Å². The van der Waals surface area contributed by atoms with Crippen LogP contribution in [0.15, 0.2) is 72.8 Å². The minimum atomic E-state index is -0.595. The number of ether oxygens (including phenoxy) is 1. The number of anilines is 1. The van der Waals surface area contributed by atoms with Crippen LogP contribution in [0.3, 0.4) is 0 Å². The number of hydrogen-bond acceptors (Lipinski definition) is 5. The molecule has 1 aliphatic rings. The van der Waals surface area contributed by atoms with E-state index >= 15 is 0 Å². The number of nitrogens with zero attached hydrogens (tertiary/aromatic N) is 1. The van der Waals surface area contributed by atoms with Gasteiger partial charge in [0.2, 0.25) is 0 Å².